The molecular formula is C17H23BrClNO. The predicted molar refractivity (Wildman–Crippen MR) is 91.8 cm³/mol. The Bertz CT molecular complexity index is 524. The van der Waals surface area contributed by atoms with Crippen LogP contribution in [0.5, 0.6) is 0 Å². The van der Waals surface area contributed by atoms with Gasteiger partial charge in [-0.25, -0.2) is 0 Å². The fraction of sp³-hybridized carbons (Fsp3) is 0.588. The second kappa shape index (κ2) is 6.70. The highest BCUT2D eigenvalue weighted by atomic mass is 79.9. The largest absolute Gasteiger partial charge is 0.349 e. The van der Waals surface area contributed by atoms with Crippen molar-refractivity contribution < 1.29 is 4.79 Å². The van der Waals surface area contributed by atoms with Crippen LogP contribution in [0.15, 0.2) is 22.7 Å². The minimum atomic E-state index is -0.0366. The van der Waals surface area contributed by atoms with E-state index in [2.05, 4.69) is 42.0 Å². The average Bonchev–Trinajstić information content (AvgIpc) is 2.41. The quantitative estimate of drug-likeness (QED) is 0.736. The number of carbonyl (C=O) groups excluding carboxylic acids is 1. The first-order valence-electron chi connectivity index (χ1n) is 7.55. The Morgan fingerprint density at radius 1 is 1.29 bits per heavy atom. The molecule has 0 radical (unpaired) electrons. The van der Waals surface area contributed by atoms with Crippen LogP contribution in [0.2, 0.25) is 5.02 Å². The summed E-state index contributed by atoms with van der Waals surface area (Å²) >= 11 is 9.44. The van der Waals surface area contributed by atoms with Crippen LogP contribution in [0.25, 0.3) is 0 Å². The normalized spacial score (nSPS) is 22.9. The standard InChI is InChI=1S/C17H23BrClNO/c1-17(2,3)13-6-4-5-7-15(13)20-16(21)12-10-11(19)8-9-14(12)18/h8-10,13,15H,4-7H2,1-3H3,(H,20,21). The molecule has 1 aromatic carbocycles. The van der Waals surface area contributed by atoms with Gasteiger partial charge in [0.05, 0.1) is 5.56 Å². The van der Waals surface area contributed by atoms with Gasteiger partial charge in [-0.15, -0.1) is 0 Å². The summed E-state index contributed by atoms with van der Waals surface area (Å²) in [6.45, 7) is 6.78. The molecule has 4 heteroatoms. The van der Waals surface area contributed by atoms with Crippen molar-refractivity contribution in [2.24, 2.45) is 11.3 Å². The number of hydrogen-bond donors (Lipinski definition) is 1. The second-order valence-electron chi connectivity index (χ2n) is 6.96. The molecule has 2 unspecified atom stereocenters. The van der Waals surface area contributed by atoms with Gasteiger partial charge in [0, 0.05) is 15.5 Å². The van der Waals surface area contributed by atoms with E-state index in [1.54, 1.807) is 12.1 Å². The summed E-state index contributed by atoms with van der Waals surface area (Å²) in [5.41, 5.74) is 0.824. The zero-order valence-electron chi connectivity index (χ0n) is 12.9. The first kappa shape index (κ1) is 16.8. The van der Waals surface area contributed by atoms with Crippen molar-refractivity contribution in [2.75, 3.05) is 0 Å². The van der Waals surface area contributed by atoms with E-state index in [0.29, 0.717) is 16.5 Å². The van der Waals surface area contributed by atoms with E-state index in [-0.39, 0.29) is 17.4 Å². The maximum Gasteiger partial charge on any atom is 0.252 e. The monoisotopic (exact) mass is 371 g/mol. The van der Waals surface area contributed by atoms with Crippen molar-refractivity contribution in [3.05, 3.63) is 33.3 Å². The zero-order valence-corrected chi connectivity index (χ0v) is 15.2. The molecule has 1 saturated carbocycles. The molecule has 0 aliphatic heterocycles. The van der Waals surface area contributed by atoms with Gasteiger partial charge >= 0.3 is 0 Å². The highest BCUT2D eigenvalue weighted by Gasteiger charge is 2.35. The number of benzene rings is 1. The third-order valence-electron chi connectivity index (χ3n) is 4.37. The maximum atomic E-state index is 12.6. The van der Waals surface area contributed by atoms with Gasteiger partial charge in [0.2, 0.25) is 0 Å². The van der Waals surface area contributed by atoms with E-state index in [0.717, 1.165) is 10.9 Å². The molecule has 0 spiro atoms. The van der Waals surface area contributed by atoms with Gasteiger partial charge in [-0.05, 0) is 58.3 Å². The fourth-order valence-corrected chi connectivity index (χ4v) is 3.86. The van der Waals surface area contributed by atoms with E-state index in [1.165, 1.54) is 19.3 Å². The van der Waals surface area contributed by atoms with Crippen LogP contribution in [0.3, 0.4) is 0 Å². The van der Waals surface area contributed by atoms with Crippen LogP contribution in [-0.2, 0) is 0 Å². The third kappa shape index (κ3) is 4.23. The molecule has 116 valence electrons. The highest BCUT2D eigenvalue weighted by Crippen LogP contribution is 2.38. The van der Waals surface area contributed by atoms with Gasteiger partial charge in [-0.1, -0.05) is 45.2 Å². The van der Waals surface area contributed by atoms with Crippen molar-refractivity contribution in [2.45, 2.75) is 52.5 Å². The summed E-state index contributed by atoms with van der Waals surface area (Å²) in [5, 5.41) is 3.82. The molecule has 0 saturated heterocycles. The Morgan fingerprint density at radius 3 is 2.62 bits per heavy atom. The lowest BCUT2D eigenvalue weighted by atomic mass is 9.69. The van der Waals surface area contributed by atoms with Gasteiger partial charge in [0.1, 0.15) is 0 Å². The van der Waals surface area contributed by atoms with Crippen LogP contribution >= 0.6 is 27.5 Å². The van der Waals surface area contributed by atoms with Crippen LogP contribution < -0.4 is 5.32 Å². The molecule has 21 heavy (non-hydrogen) atoms. The van der Waals surface area contributed by atoms with Gasteiger partial charge in [-0.2, -0.15) is 0 Å². The van der Waals surface area contributed by atoms with Crippen molar-refractivity contribution >= 4 is 33.4 Å². The van der Waals surface area contributed by atoms with E-state index in [9.17, 15) is 4.79 Å². The molecule has 2 nitrogen and oxygen atoms in total. The van der Waals surface area contributed by atoms with E-state index >= 15 is 0 Å². The van der Waals surface area contributed by atoms with Crippen LogP contribution in [0, 0.1) is 11.3 Å². The van der Waals surface area contributed by atoms with E-state index < -0.39 is 0 Å². The molecule has 0 bridgehead atoms. The van der Waals surface area contributed by atoms with Crippen molar-refractivity contribution in [1.82, 2.24) is 5.32 Å². The number of nitrogens with one attached hydrogen (secondary N) is 1. The van der Waals surface area contributed by atoms with Gasteiger partial charge in [0.25, 0.3) is 5.91 Å². The Labute approximate surface area is 140 Å². The third-order valence-corrected chi connectivity index (χ3v) is 5.29. The summed E-state index contributed by atoms with van der Waals surface area (Å²) in [4.78, 5) is 12.6. The molecule has 1 aromatic rings. The smallest absolute Gasteiger partial charge is 0.252 e. The molecule has 1 aliphatic rings. The minimum absolute atomic E-state index is 0.0366. The molecule has 0 aromatic heterocycles. The van der Waals surface area contributed by atoms with Crippen molar-refractivity contribution in [3.63, 3.8) is 0 Å². The summed E-state index contributed by atoms with van der Waals surface area (Å²) in [6, 6.07) is 5.56. The molecule has 1 N–H and O–H groups in total. The fourth-order valence-electron chi connectivity index (χ4n) is 3.26. The first-order valence-corrected chi connectivity index (χ1v) is 8.72. The lowest BCUT2D eigenvalue weighted by Gasteiger charge is -2.40. The zero-order chi connectivity index (χ0) is 15.6. The topological polar surface area (TPSA) is 29.1 Å². The Hall–Kier alpha value is -0.540. The molecule has 1 amide bonds. The Morgan fingerprint density at radius 2 is 1.95 bits per heavy atom. The van der Waals surface area contributed by atoms with Crippen molar-refractivity contribution in [3.8, 4) is 0 Å². The summed E-state index contributed by atoms with van der Waals surface area (Å²) in [5.74, 6) is 0.485. The molecule has 0 heterocycles. The summed E-state index contributed by atoms with van der Waals surface area (Å²) in [7, 11) is 0. The molecule has 2 atom stereocenters. The first-order chi connectivity index (χ1) is 9.79. The van der Waals surface area contributed by atoms with E-state index in [1.807, 2.05) is 6.07 Å². The second-order valence-corrected chi connectivity index (χ2v) is 8.25. The maximum absolute atomic E-state index is 12.6. The lowest BCUT2D eigenvalue weighted by Crippen LogP contribution is -2.46. The van der Waals surface area contributed by atoms with Crippen LogP contribution in [-0.4, -0.2) is 11.9 Å². The van der Waals surface area contributed by atoms with E-state index in [4.69, 9.17) is 11.6 Å². The minimum Gasteiger partial charge on any atom is -0.349 e. The average molecular weight is 373 g/mol. The Kier molecular flexibility index (Phi) is 5.37. The van der Waals surface area contributed by atoms with Crippen LogP contribution in [0.1, 0.15) is 56.8 Å². The number of carbonyl (C=O) groups is 1. The summed E-state index contributed by atoms with van der Waals surface area (Å²) in [6.07, 6.45) is 4.69. The summed E-state index contributed by atoms with van der Waals surface area (Å²) < 4.78 is 0.785. The number of rotatable bonds is 2. The SMILES string of the molecule is CC(C)(C)C1CCCCC1NC(=O)c1cc(Cl)ccc1Br. The van der Waals surface area contributed by atoms with Gasteiger partial charge in [0.15, 0.2) is 0 Å². The number of amides is 1. The van der Waals surface area contributed by atoms with Gasteiger partial charge < -0.3 is 5.32 Å². The molecule has 2 rings (SSSR count). The molecule has 1 fully saturated rings. The molecular weight excluding hydrogens is 350 g/mol. The predicted octanol–water partition coefficient (Wildman–Crippen LogP) is 5.44. The number of hydrogen-bond acceptors (Lipinski definition) is 1. The van der Waals surface area contributed by atoms with Gasteiger partial charge in [-0.3, -0.25) is 4.79 Å². The van der Waals surface area contributed by atoms with Crippen molar-refractivity contribution in [1.29, 1.82) is 0 Å². The van der Waals surface area contributed by atoms with Crippen LogP contribution in [0.4, 0.5) is 0 Å². The lowest BCUT2D eigenvalue weighted by molar-refractivity contribution is 0.0829. The molecule has 1 aliphatic carbocycles. The number of halogens is 2. The highest BCUT2D eigenvalue weighted by molar-refractivity contribution is 9.10. The Balaban J connectivity index is 2.15.